The highest BCUT2D eigenvalue weighted by atomic mass is 19.3. The van der Waals surface area contributed by atoms with Gasteiger partial charge in [-0.15, -0.1) is 0 Å². The molecule has 148 valence electrons. The maximum absolute atomic E-state index is 13.1. The lowest BCUT2D eigenvalue weighted by atomic mass is 9.99. The molecular formula is C18H16F3N3O4. The van der Waals surface area contributed by atoms with Crippen molar-refractivity contribution in [2.24, 2.45) is 0 Å². The Morgan fingerprint density at radius 1 is 1.04 bits per heavy atom. The van der Waals surface area contributed by atoms with Gasteiger partial charge in [0.05, 0.1) is 0 Å². The fraction of sp³-hybridized carbons (Fsp3) is 0.333. The summed E-state index contributed by atoms with van der Waals surface area (Å²) < 4.78 is 46.3. The van der Waals surface area contributed by atoms with Crippen LogP contribution < -0.4 is 0 Å². The van der Waals surface area contributed by atoms with Crippen LogP contribution in [-0.4, -0.2) is 48.2 Å². The average Bonchev–Trinajstić information content (AvgIpc) is 3.23. The van der Waals surface area contributed by atoms with Gasteiger partial charge < -0.3 is 24.6 Å². The number of benzene rings is 1. The minimum absolute atomic E-state index is 0.0883. The Balaban J connectivity index is 1.66. The van der Waals surface area contributed by atoms with Crippen LogP contribution in [0.15, 0.2) is 42.9 Å². The number of fused-ring (bicyclic) bond motifs is 1. The fourth-order valence-electron chi connectivity index (χ4n) is 3.40. The molecule has 1 saturated heterocycles. The van der Waals surface area contributed by atoms with Crippen molar-refractivity contribution in [3.8, 4) is 0 Å². The number of rotatable bonds is 4. The largest absolute Gasteiger partial charge is 0.387 e. The van der Waals surface area contributed by atoms with Crippen LogP contribution in [-0.2, 0) is 4.74 Å². The van der Waals surface area contributed by atoms with E-state index in [4.69, 9.17) is 4.74 Å². The summed E-state index contributed by atoms with van der Waals surface area (Å²) in [7, 11) is 0. The predicted octanol–water partition coefficient (Wildman–Crippen LogP) is 1.86. The van der Waals surface area contributed by atoms with E-state index in [-0.39, 0.29) is 16.6 Å². The molecule has 1 aliphatic rings. The number of hydrogen-bond acceptors (Lipinski definition) is 6. The molecule has 0 saturated carbocycles. The molecule has 28 heavy (non-hydrogen) atoms. The summed E-state index contributed by atoms with van der Waals surface area (Å²) in [4.78, 5) is 7.54. The van der Waals surface area contributed by atoms with E-state index in [9.17, 15) is 28.5 Å². The molecule has 5 unspecified atom stereocenters. The number of nitrogens with zero attached hydrogens (tertiary/aromatic N) is 3. The summed E-state index contributed by atoms with van der Waals surface area (Å²) in [5.41, 5.74) is -0.0730. The molecular weight excluding hydrogens is 379 g/mol. The Kier molecular flexibility index (Phi) is 4.79. The van der Waals surface area contributed by atoms with Gasteiger partial charge in [0.1, 0.15) is 47.9 Å². The molecule has 4 rings (SSSR count). The lowest BCUT2D eigenvalue weighted by Crippen LogP contribution is -2.34. The molecule has 1 fully saturated rings. The zero-order valence-corrected chi connectivity index (χ0v) is 14.2. The maximum atomic E-state index is 13.1. The van der Waals surface area contributed by atoms with Gasteiger partial charge in [-0.2, -0.15) is 0 Å². The molecule has 3 N–H and O–H groups in total. The van der Waals surface area contributed by atoms with Gasteiger partial charge in [-0.05, 0) is 23.8 Å². The van der Waals surface area contributed by atoms with Crippen LogP contribution >= 0.6 is 0 Å². The highest BCUT2D eigenvalue weighted by Crippen LogP contribution is 2.38. The van der Waals surface area contributed by atoms with E-state index in [1.807, 2.05) is 0 Å². The summed E-state index contributed by atoms with van der Waals surface area (Å²) >= 11 is 0. The minimum Gasteiger partial charge on any atom is -0.387 e. The van der Waals surface area contributed by atoms with Gasteiger partial charge in [0.25, 0.3) is 6.43 Å². The average molecular weight is 395 g/mol. The molecule has 2 aromatic heterocycles. The van der Waals surface area contributed by atoms with E-state index < -0.39 is 48.6 Å². The molecule has 0 bridgehead atoms. The molecule has 7 nitrogen and oxygen atoms in total. The van der Waals surface area contributed by atoms with Crippen molar-refractivity contribution in [1.29, 1.82) is 0 Å². The molecule has 5 atom stereocenters. The van der Waals surface area contributed by atoms with Crippen LogP contribution in [0.3, 0.4) is 0 Å². The zero-order valence-electron chi connectivity index (χ0n) is 14.2. The number of hydrogen-bond donors (Lipinski definition) is 3. The van der Waals surface area contributed by atoms with Gasteiger partial charge >= 0.3 is 0 Å². The monoisotopic (exact) mass is 395 g/mol. The summed E-state index contributed by atoms with van der Waals surface area (Å²) in [6.07, 6.45) is -7.12. The third-order valence-electron chi connectivity index (χ3n) is 4.82. The van der Waals surface area contributed by atoms with Gasteiger partial charge in [0, 0.05) is 11.6 Å². The van der Waals surface area contributed by atoms with E-state index in [1.54, 1.807) is 0 Å². The molecule has 0 spiro atoms. The lowest BCUT2D eigenvalue weighted by molar-refractivity contribution is -0.0848. The summed E-state index contributed by atoms with van der Waals surface area (Å²) in [5.74, 6) is -0.491. The van der Waals surface area contributed by atoms with Gasteiger partial charge in [0.15, 0.2) is 6.23 Å². The van der Waals surface area contributed by atoms with Crippen molar-refractivity contribution in [2.75, 3.05) is 0 Å². The van der Waals surface area contributed by atoms with Crippen LogP contribution in [0.25, 0.3) is 11.0 Å². The van der Waals surface area contributed by atoms with E-state index in [1.165, 1.54) is 29.0 Å². The van der Waals surface area contributed by atoms with Gasteiger partial charge in [-0.25, -0.2) is 23.1 Å². The molecule has 1 aromatic carbocycles. The van der Waals surface area contributed by atoms with Crippen LogP contribution in [0.1, 0.15) is 30.0 Å². The lowest BCUT2D eigenvalue weighted by Gasteiger charge is -2.21. The zero-order chi connectivity index (χ0) is 20.0. The van der Waals surface area contributed by atoms with Crippen LogP contribution in [0.5, 0.6) is 0 Å². The van der Waals surface area contributed by atoms with Crippen LogP contribution in [0, 0.1) is 5.82 Å². The molecule has 0 radical (unpaired) electrons. The second-order valence-corrected chi connectivity index (χ2v) is 6.49. The first-order valence-corrected chi connectivity index (χ1v) is 8.43. The highest BCUT2D eigenvalue weighted by Gasteiger charge is 2.47. The standard InChI is InChI=1S/C18H16F3N3O4/c19-9-3-1-8(2-4-9)12(25)15-13(26)14(27)18(28-15)24-6-5-10-11(16(20)21)22-7-23-17(10)24/h1-7,12-16,18,25-27H. The van der Waals surface area contributed by atoms with E-state index in [0.29, 0.717) is 0 Å². The van der Waals surface area contributed by atoms with Crippen molar-refractivity contribution in [1.82, 2.24) is 14.5 Å². The first-order chi connectivity index (χ1) is 13.4. The second-order valence-electron chi connectivity index (χ2n) is 6.49. The quantitative estimate of drug-likeness (QED) is 0.624. The van der Waals surface area contributed by atoms with Crippen molar-refractivity contribution in [3.05, 3.63) is 59.9 Å². The molecule has 3 heterocycles. The van der Waals surface area contributed by atoms with Crippen molar-refractivity contribution >= 4 is 11.0 Å². The number of aliphatic hydroxyl groups is 3. The van der Waals surface area contributed by atoms with Crippen LogP contribution in [0.4, 0.5) is 13.2 Å². The van der Waals surface area contributed by atoms with Gasteiger partial charge in [-0.1, -0.05) is 12.1 Å². The topological polar surface area (TPSA) is 101 Å². The molecule has 0 aliphatic carbocycles. The first-order valence-electron chi connectivity index (χ1n) is 8.43. The first kappa shape index (κ1) is 18.8. The van der Waals surface area contributed by atoms with Crippen molar-refractivity contribution < 1.29 is 33.2 Å². The van der Waals surface area contributed by atoms with E-state index in [0.717, 1.165) is 18.5 Å². The molecule has 1 aliphatic heterocycles. The summed E-state index contributed by atoms with van der Waals surface area (Å²) in [6, 6.07) is 6.33. The van der Waals surface area contributed by atoms with Crippen LogP contribution in [0.2, 0.25) is 0 Å². The maximum Gasteiger partial charge on any atom is 0.281 e. The van der Waals surface area contributed by atoms with Gasteiger partial charge in [-0.3, -0.25) is 0 Å². The number of aliphatic hydroxyl groups excluding tert-OH is 3. The Morgan fingerprint density at radius 3 is 2.43 bits per heavy atom. The Labute approximate surface area is 156 Å². The number of aromatic nitrogens is 3. The minimum atomic E-state index is -2.81. The highest BCUT2D eigenvalue weighted by molar-refractivity contribution is 5.78. The van der Waals surface area contributed by atoms with Crippen molar-refractivity contribution in [2.45, 2.75) is 37.1 Å². The van der Waals surface area contributed by atoms with Gasteiger partial charge in [0.2, 0.25) is 0 Å². The number of alkyl halides is 2. The normalized spacial score (nSPS) is 26.2. The number of halogens is 3. The smallest absolute Gasteiger partial charge is 0.281 e. The number of ether oxygens (including phenoxy) is 1. The molecule has 0 amide bonds. The Bertz CT molecular complexity index is 982. The third kappa shape index (κ3) is 3.04. The van der Waals surface area contributed by atoms with E-state index >= 15 is 0 Å². The predicted molar refractivity (Wildman–Crippen MR) is 89.8 cm³/mol. The third-order valence-corrected chi connectivity index (χ3v) is 4.82. The summed E-state index contributed by atoms with van der Waals surface area (Å²) in [6.45, 7) is 0. The molecule has 10 heteroatoms. The van der Waals surface area contributed by atoms with E-state index in [2.05, 4.69) is 9.97 Å². The fourth-order valence-corrected chi connectivity index (χ4v) is 3.40. The summed E-state index contributed by atoms with van der Waals surface area (Å²) in [5, 5.41) is 31.4. The Morgan fingerprint density at radius 2 is 1.75 bits per heavy atom. The molecule has 3 aromatic rings. The van der Waals surface area contributed by atoms with Crippen molar-refractivity contribution in [3.63, 3.8) is 0 Å². The SMILES string of the molecule is OC(c1ccc(F)cc1)C1OC(n2ccc3c(C(F)F)ncnc32)C(O)C1O. The Hall–Kier alpha value is -2.53. The second kappa shape index (κ2) is 7.13.